The monoisotopic (exact) mass is 395 g/mol. The van der Waals surface area contributed by atoms with Crippen molar-refractivity contribution in [2.24, 2.45) is 5.92 Å². The molecule has 0 aliphatic rings. The molecule has 1 heterocycles. The van der Waals surface area contributed by atoms with Gasteiger partial charge < -0.3 is 10.6 Å². The van der Waals surface area contributed by atoms with Gasteiger partial charge in [0.05, 0.1) is 5.56 Å². The van der Waals surface area contributed by atoms with Crippen LogP contribution in [0.3, 0.4) is 0 Å². The lowest BCUT2D eigenvalue weighted by atomic mass is 10.1. The van der Waals surface area contributed by atoms with Gasteiger partial charge >= 0.3 is 12.2 Å². The van der Waals surface area contributed by atoms with Crippen LogP contribution >= 0.6 is 0 Å². The summed E-state index contributed by atoms with van der Waals surface area (Å²) in [6, 6.07) is 5.29. The van der Waals surface area contributed by atoms with Crippen molar-refractivity contribution in [3.63, 3.8) is 0 Å². The molecule has 0 radical (unpaired) electrons. The number of nitrogens with zero attached hydrogens (tertiary/aromatic N) is 2. The summed E-state index contributed by atoms with van der Waals surface area (Å²) >= 11 is 0. The average Bonchev–Trinajstić information content (AvgIpc) is 2.57. The van der Waals surface area contributed by atoms with Crippen LogP contribution < -0.4 is 16.0 Å². The molecule has 28 heavy (non-hydrogen) atoms. The van der Waals surface area contributed by atoms with Gasteiger partial charge in [-0.1, -0.05) is 13.8 Å². The van der Waals surface area contributed by atoms with E-state index in [-0.39, 0.29) is 11.6 Å². The van der Waals surface area contributed by atoms with Crippen LogP contribution in [-0.4, -0.2) is 22.5 Å². The summed E-state index contributed by atoms with van der Waals surface area (Å²) in [5.74, 6) is 1.33. The Morgan fingerprint density at radius 1 is 1.11 bits per heavy atom. The van der Waals surface area contributed by atoms with E-state index in [4.69, 9.17) is 0 Å². The van der Waals surface area contributed by atoms with Gasteiger partial charge in [-0.15, -0.1) is 0 Å². The highest BCUT2D eigenvalue weighted by molar-refractivity contribution is 5.98. The molecule has 2 rings (SSSR count). The van der Waals surface area contributed by atoms with Crippen LogP contribution in [0.2, 0.25) is 0 Å². The van der Waals surface area contributed by atoms with E-state index in [1.54, 1.807) is 13.0 Å². The fraction of sp³-hybridized carbons (Fsp3) is 0.421. The molecule has 0 spiro atoms. The highest BCUT2D eigenvalue weighted by Gasteiger charge is 2.29. The van der Waals surface area contributed by atoms with Gasteiger partial charge in [0.2, 0.25) is 5.95 Å². The van der Waals surface area contributed by atoms with E-state index in [0.717, 1.165) is 31.5 Å². The summed E-state index contributed by atoms with van der Waals surface area (Å²) in [5, 5.41) is 8.14. The normalized spacial score (nSPS) is 11.4. The van der Waals surface area contributed by atoms with Crippen LogP contribution in [-0.2, 0) is 6.18 Å². The SMILES string of the molecule is Cc1cc(NCCCC(C)C)nc(NC(=O)Nc2ccc(C(F)(F)F)cc2)n1. The van der Waals surface area contributed by atoms with Crippen LogP contribution in [0.5, 0.6) is 0 Å². The lowest BCUT2D eigenvalue weighted by Gasteiger charge is -2.11. The third-order valence-corrected chi connectivity index (χ3v) is 3.81. The Labute approximate surface area is 162 Å². The molecule has 0 saturated carbocycles. The fourth-order valence-corrected chi connectivity index (χ4v) is 2.45. The van der Waals surface area contributed by atoms with Crippen molar-refractivity contribution in [2.45, 2.75) is 39.8 Å². The Hall–Kier alpha value is -2.84. The van der Waals surface area contributed by atoms with Gasteiger partial charge in [0.1, 0.15) is 5.82 Å². The quantitative estimate of drug-likeness (QED) is 0.556. The minimum atomic E-state index is -4.42. The number of hydrogen-bond acceptors (Lipinski definition) is 4. The molecule has 2 aromatic rings. The number of anilines is 3. The second-order valence-electron chi connectivity index (χ2n) is 6.84. The topological polar surface area (TPSA) is 78.9 Å². The highest BCUT2D eigenvalue weighted by atomic mass is 19.4. The van der Waals surface area contributed by atoms with Gasteiger partial charge in [-0.05, 0) is 49.9 Å². The minimum absolute atomic E-state index is 0.107. The smallest absolute Gasteiger partial charge is 0.370 e. The minimum Gasteiger partial charge on any atom is -0.370 e. The summed E-state index contributed by atoms with van der Waals surface area (Å²) in [6.07, 6.45) is -2.33. The van der Waals surface area contributed by atoms with E-state index in [2.05, 4.69) is 39.8 Å². The van der Waals surface area contributed by atoms with Crippen molar-refractivity contribution in [3.8, 4) is 0 Å². The van der Waals surface area contributed by atoms with Crippen LogP contribution in [0.15, 0.2) is 30.3 Å². The molecule has 2 amide bonds. The molecule has 0 aliphatic heterocycles. The summed E-state index contributed by atoms with van der Waals surface area (Å²) in [4.78, 5) is 20.5. The van der Waals surface area contributed by atoms with Crippen LogP contribution in [0, 0.1) is 12.8 Å². The Morgan fingerprint density at radius 2 is 1.79 bits per heavy atom. The zero-order chi connectivity index (χ0) is 20.7. The number of benzene rings is 1. The second-order valence-corrected chi connectivity index (χ2v) is 6.84. The predicted octanol–water partition coefficient (Wildman–Crippen LogP) is 5.30. The summed E-state index contributed by atoms with van der Waals surface area (Å²) in [6.45, 7) is 6.85. The van der Waals surface area contributed by atoms with Crippen LogP contribution in [0.1, 0.15) is 37.9 Å². The zero-order valence-corrected chi connectivity index (χ0v) is 16.0. The molecule has 152 valence electrons. The Morgan fingerprint density at radius 3 is 2.39 bits per heavy atom. The number of aryl methyl sites for hydroxylation is 1. The Kier molecular flexibility index (Phi) is 7.19. The first-order valence-electron chi connectivity index (χ1n) is 8.98. The third-order valence-electron chi connectivity index (χ3n) is 3.81. The molecule has 3 N–H and O–H groups in total. The molecule has 1 aromatic heterocycles. The van der Waals surface area contributed by atoms with E-state index >= 15 is 0 Å². The van der Waals surface area contributed by atoms with E-state index in [0.29, 0.717) is 17.4 Å². The van der Waals surface area contributed by atoms with Crippen molar-refractivity contribution in [2.75, 3.05) is 22.5 Å². The first-order chi connectivity index (χ1) is 13.1. The summed E-state index contributed by atoms with van der Waals surface area (Å²) in [7, 11) is 0. The maximum Gasteiger partial charge on any atom is 0.416 e. The van der Waals surface area contributed by atoms with Gasteiger partial charge in [-0.3, -0.25) is 5.32 Å². The summed E-state index contributed by atoms with van der Waals surface area (Å²) in [5.41, 5.74) is 0.116. The zero-order valence-electron chi connectivity index (χ0n) is 16.0. The number of halogens is 3. The molecule has 9 heteroatoms. The van der Waals surface area contributed by atoms with E-state index in [1.165, 1.54) is 12.1 Å². The predicted molar refractivity (Wildman–Crippen MR) is 103 cm³/mol. The molecule has 0 saturated heterocycles. The number of carbonyl (C=O) groups is 1. The molecule has 1 aromatic carbocycles. The van der Waals surface area contributed by atoms with Gasteiger partial charge in [-0.2, -0.15) is 18.2 Å². The molecule has 0 unspecified atom stereocenters. The largest absolute Gasteiger partial charge is 0.416 e. The number of aromatic nitrogens is 2. The maximum atomic E-state index is 12.6. The molecule has 0 atom stereocenters. The number of hydrogen-bond donors (Lipinski definition) is 3. The van der Waals surface area contributed by atoms with Gasteiger partial charge in [0.25, 0.3) is 0 Å². The molecule has 0 bridgehead atoms. The van der Waals surface area contributed by atoms with Gasteiger partial charge in [0.15, 0.2) is 0 Å². The summed E-state index contributed by atoms with van der Waals surface area (Å²) < 4.78 is 37.7. The molecule has 0 fully saturated rings. The first kappa shape index (κ1) is 21.5. The number of rotatable bonds is 7. The second kappa shape index (κ2) is 9.38. The number of carbonyl (C=O) groups excluding carboxylic acids is 1. The van der Waals surface area contributed by atoms with Crippen molar-refractivity contribution in [1.82, 2.24) is 9.97 Å². The number of nitrogens with one attached hydrogen (secondary N) is 3. The van der Waals surface area contributed by atoms with Gasteiger partial charge in [0, 0.05) is 24.0 Å². The van der Waals surface area contributed by atoms with Crippen molar-refractivity contribution in [1.29, 1.82) is 0 Å². The lowest BCUT2D eigenvalue weighted by molar-refractivity contribution is -0.137. The molecular formula is C19H24F3N5O. The molecular weight excluding hydrogens is 371 g/mol. The van der Waals surface area contributed by atoms with E-state index < -0.39 is 17.8 Å². The van der Waals surface area contributed by atoms with Crippen LogP contribution in [0.4, 0.5) is 35.4 Å². The third kappa shape index (κ3) is 7.05. The number of alkyl halides is 3. The van der Waals surface area contributed by atoms with Crippen molar-refractivity contribution in [3.05, 3.63) is 41.6 Å². The Bertz CT molecular complexity index is 791. The highest BCUT2D eigenvalue weighted by Crippen LogP contribution is 2.29. The van der Waals surface area contributed by atoms with Gasteiger partial charge in [-0.25, -0.2) is 9.78 Å². The number of urea groups is 1. The number of amides is 2. The fourth-order valence-electron chi connectivity index (χ4n) is 2.45. The molecule has 6 nitrogen and oxygen atoms in total. The molecule has 0 aliphatic carbocycles. The van der Waals surface area contributed by atoms with Crippen molar-refractivity contribution >= 4 is 23.5 Å². The van der Waals surface area contributed by atoms with E-state index in [1.807, 2.05) is 0 Å². The average molecular weight is 395 g/mol. The maximum absolute atomic E-state index is 12.6. The first-order valence-corrected chi connectivity index (χ1v) is 8.98. The lowest BCUT2D eigenvalue weighted by Crippen LogP contribution is -2.21. The van der Waals surface area contributed by atoms with E-state index in [9.17, 15) is 18.0 Å². The van der Waals surface area contributed by atoms with Crippen molar-refractivity contribution < 1.29 is 18.0 Å². The standard InChI is InChI=1S/C19H24F3N5O/c1-12(2)5-4-10-23-16-11-13(3)24-17(26-16)27-18(28)25-15-8-6-14(7-9-15)19(20,21)22/h6-9,11-12H,4-5,10H2,1-3H3,(H3,23,24,25,26,27,28). The van der Waals surface area contributed by atoms with Crippen LogP contribution in [0.25, 0.3) is 0 Å². The Balaban J connectivity index is 1.94.